The Kier molecular flexibility index (Phi) is 9.45. The lowest BCUT2D eigenvalue weighted by atomic mass is 10.1. The highest BCUT2D eigenvalue weighted by molar-refractivity contribution is 7.89. The lowest BCUT2D eigenvalue weighted by molar-refractivity contribution is -0.158. The van der Waals surface area contributed by atoms with Gasteiger partial charge in [0.25, 0.3) is 0 Å². The molecule has 10 nitrogen and oxygen atoms in total. The van der Waals surface area contributed by atoms with Crippen LogP contribution in [0.1, 0.15) is 48.3 Å². The second-order valence-corrected chi connectivity index (χ2v) is 10.7. The van der Waals surface area contributed by atoms with Gasteiger partial charge in [0, 0.05) is 43.8 Å². The summed E-state index contributed by atoms with van der Waals surface area (Å²) in [4.78, 5) is 23.7. The number of rotatable bonds is 12. The molecular weight excluding hydrogens is 458 g/mol. The molecule has 1 fully saturated rings. The van der Waals surface area contributed by atoms with E-state index in [0.717, 1.165) is 16.8 Å². The van der Waals surface area contributed by atoms with E-state index in [1.807, 2.05) is 26.1 Å². The highest BCUT2D eigenvalue weighted by Crippen LogP contribution is 2.21. The molecule has 2 aromatic heterocycles. The molecule has 3 rings (SSSR count). The summed E-state index contributed by atoms with van der Waals surface area (Å²) in [7, 11) is -3.66. The molecule has 0 saturated carbocycles. The third-order valence-electron chi connectivity index (χ3n) is 6.06. The van der Waals surface area contributed by atoms with Gasteiger partial charge in [-0.1, -0.05) is 0 Å². The SMILES string of the molecule is Cc1cc(COC2CCN(S(=O)(=O)CC(CCCc3ncccn3)N(O)C=O)CC2)c(C)cn1. The van der Waals surface area contributed by atoms with Crippen molar-refractivity contribution < 1.29 is 23.2 Å². The minimum absolute atomic E-state index is 0.0229. The van der Waals surface area contributed by atoms with E-state index in [9.17, 15) is 18.4 Å². The second-order valence-electron chi connectivity index (χ2n) is 8.64. The maximum atomic E-state index is 13.0. The van der Waals surface area contributed by atoms with Gasteiger partial charge in [0.05, 0.1) is 24.5 Å². The van der Waals surface area contributed by atoms with Crippen LogP contribution in [-0.2, 0) is 32.6 Å². The smallest absolute Gasteiger partial charge is 0.233 e. The number of aryl methyl sites for hydroxylation is 3. The van der Waals surface area contributed by atoms with Gasteiger partial charge in [-0.3, -0.25) is 15.0 Å². The number of nitrogens with zero attached hydrogens (tertiary/aromatic N) is 5. The van der Waals surface area contributed by atoms with E-state index in [1.54, 1.807) is 18.5 Å². The van der Waals surface area contributed by atoms with Crippen LogP contribution in [0.25, 0.3) is 0 Å². The Bertz CT molecular complexity index is 1030. The van der Waals surface area contributed by atoms with Crippen LogP contribution < -0.4 is 0 Å². The van der Waals surface area contributed by atoms with Crippen molar-refractivity contribution in [3.05, 3.63) is 53.4 Å². The molecule has 0 bridgehead atoms. The van der Waals surface area contributed by atoms with Crippen LogP contribution in [0.15, 0.2) is 30.7 Å². The average Bonchev–Trinajstić information content (AvgIpc) is 2.84. The molecule has 1 aliphatic rings. The van der Waals surface area contributed by atoms with Crippen LogP contribution in [0.3, 0.4) is 0 Å². The quantitative estimate of drug-likeness (QED) is 0.272. The van der Waals surface area contributed by atoms with Crippen molar-refractivity contribution in [2.45, 2.75) is 64.7 Å². The number of ether oxygens (including phenoxy) is 1. The van der Waals surface area contributed by atoms with Gasteiger partial charge in [-0.25, -0.2) is 27.8 Å². The zero-order valence-corrected chi connectivity index (χ0v) is 20.5. The van der Waals surface area contributed by atoms with Crippen molar-refractivity contribution in [1.82, 2.24) is 24.3 Å². The Morgan fingerprint density at radius 3 is 2.62 bits per heavy atom. The highest BCUT2D eigenvalue weighted by atomic mass is 32.2. The number of carbonyl (C=O) groups excluding carboxylic acids is 1. The van der Waals surface area contributed by atoms with Gasteiger partial charge < -0.3 is 4.74 Å². The molecule has 1 saturated heterocycles. The first-order valence-electron chi connectivity index (χ1n) is 11.5. The van der Waals surface area contributed by atoms with Crippen molar-refractivity contribution in [2.24, 2.45) is 0 Å². The topological polar surface area (TPSA) is 126 Å². The molecule has 0 aromatic carbocycles. The predicted molar refractivity (Wildman–Crippen MR) is 125 cm³/mol. The average molecular weight is 492 g/mol. The Morgan fingerprint density at radius 2 is 1.94 bits per heavy atom. The van der Waals surface area contributed by atoms with Gasteiger partial charge in [-0.05, 0) is 62.8 Å². The fourth-order valence-corrected chi connectivity index (χ4v) is 5.79. The van der Waals surface area contributed by atoms with Crippen LogP contribution in [0.4, 0.5) is 0 Å². The molecule has 0 radical (unpaired) electrons. The standard InChI is InChI=1S/C23H33N5O5S/c1-18-14-26-19(2)13-20(18)15-33-22-7-11-27(12-8-22)34(31,32)16-21(28(30)17-29)5-3-6-23-24-9-4-10-25-23/h4,9-10,13-14,17,21-22,30H,3,5-8,11-12,15-16H2,1-2H3. The fourth-order valence-electron chi connectivity index (χ4n) is 4.01. The van der Waals surface area contributed by atoms with E-state index < -0.39 is 16.1 Å². The van der Waals surface area contributed by atoms with Gasteiger partial charge in [0.15, 0.2) is 0 Å². The molecule has 1 unspecified atom stereocenters. The molecule has 2 aromatic rings. The van der Waals surface area contributed by atoms with Gasteiger partial charge in [-0.15, -0.1) is 0 Å². The van der Waals surface area contributed by atoms with Crippen molar-refractivity contribution in [3.8, 4) is 0 Å². The van der Waals surface area contributed by atoms with E-state index in [4.69, 9.17) is 4.74 Å². The molecule has 1 amide bonds. The summed E-state index contributed by atoms with van der Waals surface area (Å²) in [6.07, 6.45) is 7.91. The first-order valence-corrected chi connectivity index (χ1v) is 13.1. The third-order valence-corrected chi connectivity index (χ3v) is 8.02. The van der Waals surface area contributed by atoms with E-state index in [2.05, 4.69) is 15.0 Å². The van der Waals surface area contributed by atoms with Crippen LogP contribution in [0.5, 0.6) is 0 Å². The van der Waals surface area contributed by atoms with Crippen molar-refractivity contribution >= 4 is 16.4 Å². The number of sulfonamides is 1. The van der Waals surface area contributed by atoms with Gasteiger partial charge in [-0.2, -0.15) is 0 Å². The number of carbonyl (C=O) groups is 1. The first-order chi connectivity index (χ1) is 16.3. The molecule has 186 valence electrons. The fraction of sp³-hybridized carbons (Fsp3) is 0.565. The summed E-state index contributed by atoms with van der Waals surface area (Å²) in [5.41, 5.74) is 3.09. The summed E-state index contributed by atoms with van der Waals surface area (Å²) in [6, 6.07) is 2.89. The number of hydroxylamine groups is 2. The van der Waals surface area contributed by atoms with Crippen LogP contribution in [0, 0.1) is 13.8 Å². The summed E-state index contributed by atoms with van der Waals surface area (Å²) in [5.74, 6) is 0.303. The molecule has 11 heteroatoms. The lowest BCUT2D eigenvalue weighted by Gasteiger charge is -2.33. The number of piperidine rings is 1. The zero-order valence-electron chi connectivity index (χ0n) is 19.7. The lowest BCUT2D eigenvalue weighted by Crippen LogP contribution is -2.46. The van der Waals surface area contributed by atoms with E-state index in [0.29, 0.717) is 62.7 Å². The van der Waals surface area contributed by atoms with Gasteiger partial charge in [0.2, 0.25) is 16.4 Å². The molecule has 3 heterocycles. The summed E-state index contributed by atoms with van der Waals surface area (Å²) in [6.45, 7) is 5.09. The Balaban J connectivity index is 1.49. The minimum Gasteiger partial charge on any atom is -0.373 e. The molecular formula is C23H33N5O5S. The Hall–Kier alpha value is -2.47. The van der Waals surface area contributed by atoms with Crippen LogP contribution in [-0.4, -0.2) is 75.3 Å². The molecule has 0 aliphatic carbocycles. The van der Waals surface area contributed by atoms with Crippen molar-refractivity contribution in [1.29, 1.82) is 0 Å². The molecule has 1 aliphatic heterocycles. The summed E-state index contributed by atoms with van der Waals surface area (Å²) >= 11 is 0. The molecule has 1 N–H and O–H groups in total. The maximum Gasteiger partial charge on any atom is 0.233 e. The zero-order chi connectivity index (χ0) is 24.6. The number of pyridine rings is 1. The number of aromatic nitrogens is 3. The number of hydrogen-bond donors (Lipinski definition) is 1. The Labute approximate surface area is 201 Å². The number of hydrogen-bond acceptors (Lipinski definition) is 8. The summed E-state index contributed by atoms with van der Waals surface area (Å²) in [5, 5.41) is 10.4. The normalized spacial score (nSPS) is 16.3. The monoisotopic (exact) mass is 491 g/mol. The minimum atomic E-state index is -3.66. The van der Waals surface area contributed by atoms with Crippen LogP contribution >= 0.6 is 0 Å². The second kappa shape index (κ2) is 12.3. The van der Waals surface area contributed by atoms with E-state index in [-0.39, 0.29) is 18.3 Å². The van der Waals surface area contributed by atoms with E-state index in [1.165, 1.54) is 4.31 Å². The molecule has 1 atom stereocenters. The van der Waals surface area contributed by atoms with Crippen molar-refractivity contribution in [2.75, 3.05) is 18.8 Å². The Morgan fingerprint density at radius 1 is 1.24 bits per heavy atom. The largest absolute Gasteiger partial charge is 0.373 e. The van der Waals surface area contributed by atoms with Crippen molar-refractivity contribution in [3.63, 3.8) is 0 Å². The number of amides is 1. The predicted octanol–water partition coefficient (Wildman–Crippen LogP) is 2.04. The van der Waals surface area contributed by atoms with Gasteiger partial charge >= 0.3 is 0 Å². The van der Waals surface area contributed by atoms with Gasteiger partial charge in [0.1, 0.15) is 5.82 Å². The maximum absolute atomic E-state index is 13.0. The van der Waals surface area contributed by atoms with Crippen LogP contribution in [0.2, 0.25) is 0 Å². The van der Waals surface area contributed by atoms with E-state index >= 15 is 0 Å². The molecule has 34 heavy (non-hydrogen) atoms. The molecule has 0 spiro atoms. The summed E-state index contributed by atoms with van der Waals surface area (Å²) < 4.78 is 33.5. The third kappa shape index (κ3) is 7.52. The first kappa shape index (κ1) is 26.1. The highest BCUT2D eigenvalue weighted by Gasteiger charge is 2.32.